The molecule has 1 amide bonds. The van der Waals surface area contributed by atoms with Crippen LogP contribution in [0.5, 0.6) is 0 Å². The van der Waals surface area contributed by atoms with Gasteiger partial charge in [0.05, 0.1) is 10.6 Å². The highest BCUT2D eigenvalue weighted by Crippen LogP contribution is 2.53. The first-order valence-corrected chi connectivity index (χ1v) is 7.79. The number of hydrogen-bond donors (Lipinski definition) is 1. The molecular formula is C17H20N2O3. The first-order valence-electron chi connectivity index (χ1n) is 7.79. The van der Waals surface area contributed by atoms with Crippen molar-refractivity contribution in [1.29, 1.82) is 0 Å². The van der Waals surface area contributed by atoms with Crippen LogP contribution in [0.4, 0.5) is 11.4 Å². The van der Waals surface area contributed by atoms with Crippen LogP contribution in [0.2, 0.25) is 0 Å². The van der Waals surface area contributed by atoms with E-state index in [1.165, 1.54) is 12.1 Å². The van der Waals surface area contributed by atoms with E-state index in [4.69, 9.17) is 0 Å². The lowest BCUT2D eigenvalue weighted by molar-refractivity contribution is -0.384. The Morgan fingerprint density at radius 1 is 1.23 bits per heavy atom. The number of benzene rings is 1. The minimum atomic E-state index is -0.438. The van der Waals surface area contributed by atoms with Gasteiger partial charge >= 0.3 is 0 Å². The lowest BCUT2D eigenvalue weighted by Crippen LogP contribution is -2.16. The van der Waals surface area contributed by atoms with Crippen LogP contribution < -0.4 is 5.32 Å². The lowest BCUT2D eigenvalue weighted by Gasteiger charge is -2.08. The van der Waals surface area contributed by atoms with Crippen molar-refractivity contribution in [3.8, 4) is 0 Å². The topological polar surface area (TPSA) is 72.2 Å². The highest BCUT2D eigenvalue weighted by atomic mass is 16.6. The second kappa shape index (κ2) is 5.91. The number of fused-ring (bicyclic) bond motifs is 1. The Balaban J connectivity index is 1.70. The Hall–Kier alpha value is -2.17. The van der Waals surface area contributed by atoms with Crippen molar-refractivity contribution in [2.45, 2.75) is 32.6 Å². The van der Waals surface area contributed by atoms with E-state index in [2.05, 4.69) is 17.5 Å². The zero-order valence-electron chi connectivity index (χ0n) is 12.6. The van der Waals surface area contributed by atoms with Gasteiger partial charge in [-0.2, -0.15) is 0 Å². The molecule has 0 saturated heterocycles. The highest BCUT2D eigenvalue weighted by molar-refractivity contribution is 5.95. The largest absolute Gasteiger partial charge is 0.325 e. The number of carbonyl (C=O) groups is 1. The van der Waals surface area contributed by atoms with Crippen LogP contribution >= 0.6 is 0 Å². The van der Waals surface area contributed by atoms with Crippen molar-refractivity contribution >= 4 is 17.3 Å². The highest BCUT2D eigenvalue weighted by Gasteiger charge is 2.53. The van der Waals surface area contributed by atoms with Crippen molar-refractivity contribution in [3.63, 3.8) is 0 Å². The summed E-state index contributed by atoms with van der Waals surface area (Å²) in [6.07, 6.45) is 8.62. The van der Waals surface area contributed by atoms with E-state index in [-0.39, 0.29) is 17.5 Å². The van der Waals surface area contributed by atoms with Crippen LogP contribution in [-0.2, 0) is 4.79 Å². The number of nitro groups is 1. The third kappa shape index (κ3) is 2.89. The summed E-state index contributed by atoms with van der Waals surface area (Å²) in [6.45, 7) is 1.85. The summed E-state index contributed by atoms with van der Waals surface area (Å²) in [4.78, 5) is 22.9. The number of hydrogen-bond acceptors (Lipinski definition) is 3. The van der Waals surface area contributed by atoms with Crippen molar-refractivity contribution in [1.82, 2.24) is 0 Å². The normalized spacial score (nSPS) is 26.5. The first kappa shape index (κ1) is 14.8. The number of allylic oxidation sites excluding steroid dienone is 2. The van der Waals surface area contributed by atoms with Crippen LogP contribution in [0, 0.1) is 34.8 Å². The molecule has 0 aliphatic heterocycles. The monoisotopic (exact) mass is 300 g/mol. The molecular weight excluding hydrogens is 280 g/mol. The molecule has 1 fully saturated rings. The maximum absolute atomic E-state index is 12.5. The minimum Gasteiger partial charge on any atom is -0.325 e. The van der Waals surface area contributed by atoms with Crippen LogP contribution in [0.25, 0.3) is 0 Å². The molecule has 1 aromatic rings. The number of nitrogens with one attached hydrogen (secondary N) is 1. The number of carbonyl (C=O) groups excluding carboxylic acids is 1. The summed E-state index contributed by atoms with van der Waals surface area (Å²) >= 11 is 0. The molecule has 0 heterocycles. The van der Waals surface area contributed by atoms with E-state index >= 15 is 0 Å². The van der Waals surface area contributed by atoms with Crippen LogP contribution in [0.15, 0.2) is 30.4 Å². The van der Waals surface area contributed by atoms with E-state index in [1.807, 2.05) is 6.92 Å². The van der Waals surface area contributed by atoms with Gasteiger partial charge < -0.3 is 5.32 Å². The van der Waals surface area contributed by atoms with Gasteiger partial charge in [0.1, 0.15) is 0 Å². The molecule has 3 rings (SSSR count). The molecule has 2 atom stereocenters. The summed E-state index contributed by atoms with van der Waals surface area (Å²) in [6, 6.07) is 4.58. The maximum Gasteiger partial charge on any atom is 0.271 e. The molecule has 2 aliphatic carbocycles. The van der Waals surface area contributed by atoms with Crippen molar-refractivity contribution in [2.75, 3.05) is 5.32 Å². The van der Waals surface area contributed by atoms with E-state index in [0.29, 0.717) is 17.5 Å². The Kier molecular flexibility index (Phi) is 3.96. The molecule has 0 unspecified atom stereocenters. The SMILES string of the molecule is Cc1ccc([N+](=O)[O-])cc1NC(=O)C1[C@@H]2CCC=CCC[C@@H]12. The predicted molar refractivity (Wildman–Crippen MR) is 84.5 cm³/mol. The van der Waals surface area contributed by atoms with Crippen molar-refractivity contribution in [3.05, 3.63) is 46.0 Å². The number of non-ortho nitro benzene ring substituents is 1. The Morgan fingerprint density at radius 2 is 1.86 bits per heavy atom. The molecule has 1 N–H and O–H groups in total. The maximum atomic E-state index is 12.5. The molecule has 1 aromatic carbocycles. The fourth-order valence-corrected chi connectivity index (χ4v) is 3.51. The first-order chi connectivity index (χ1) is 10.6. The zero-order chi connectivity index (χ0) is 15.7. The van der Waals surface area contributed by atoms with Crippen LogP contribution in [-0.4, -0.2) is 10.8 Å². The molecule has 0 spiro atoms. The van der Waals surface area contributed by atoms with Gasteiger partial charge in [0, 0.05) is 18.1 Å². The number of anilines is 1. The molecule has 0 bridgehead atoms. The van der Waals surface area contributed by atoms with Gasteiger partial charge in [-0.3, -0.25) is 14.9 Å². The predicted octanol–water partition coefficient (Wildman–Crippen LogP) is 3.83. The fraction of sp³-hybridized carbons (Fsp3) is 0.471. The molecule has 5 nitrogen and oxygen atoms in total. The second-order valence-corrected chi connectivity index (χ2v) is 6.23. The summed E-state index contributed by atoms with van der Waals surface area (Å²) in [5.74, 6) is 1.03. The second-order valence-electron chi connectivity index (χ2n) is 6.23. The molecule has 0 radical (unpaired) electrons. The van der Waals surface area contributed by atoms with Gasteiger partial charge in [-0.25, -0.2) is 0 Å². The molecule has 0 aromatic heterocycles. The van der Waals surface area contributed by atoms with Gasteiger partial charge in [0.25, 0.3) is 5.69 Å². The average Bonchev–Trinajstić information content (AvgIpc) is 3.12. The van der Waals surface area contributed by atoms with E-state index < -0.39 is 4.92 Å². The van der Waals surface area contributed by atoms with Crippen LogP contribution in [0.3, 0.4) is 0 Å². The smallest absolute Gasteiger partial charge is 0.271 e. The van der Waals surface area contributed by atoms with Gasteiger partial charge in [-0.05, 0) is 50.0 Å². The molecule has 1 saturated carbocycles. The van der Waals surface area contributed by atoms with E-state index in [9.17, 15) is 14.9 Å². The van der Waals surface area contributed by atoms with E-state index in [1.54, 1.807) is 6.07 Å². The Bertz CT molecular complexity index is 623. The Morgan fingerprint density at radius 3 is 2.45 bits per heavy atom. The lowest BCUT2D eigenvalue weighted by atomic mass is 10.1. The van der Waals surface area contributed by atoms with Gasteiger partial charge in [0.2, 0.25) is 5.91 Å². The van der Waals surface area contributed by atoms with E-state index in [0.717, 1.165) is 31.2 Å². The third-order valence-electron chi connectivity index (χ3n) is 4.82. The third-order valence-corrected chi connectivity index (χ3v) is 4.82. The van der Waals surface area contributed by atoms with Crippen molar-refractivity contribution in [2.24, 2.45) is 17.8 Å². The van der Waals surface area contributed by atoms with Gasteiger partial charge in [-0.1, -0.05) is 18.2 Å². The fourth-order valence-electron chi connectivity index (χ4n) is 3.51. The van der Waals surface area contributed by atoms with Gasteiger partial charge in [0.15, 0.2) is 0 Å². The summed E-state index contributed by atoms with van der Waals surface area (Å²) in [7, 11) is 0. The number of aryl methyl sites for hydroxylation is 1. The number of amides is 1. The number of nitro benzene ring substituents is 1. The quantitative estimate of drug-likeness (QED) is 0.524. The zero-order valence-corrected chi connectivity index (χ0v) is 12.6. The minimum absolute atomic E-state index is 0.00640. The van der Waals surface area contributed by atoms with Gasteiger partial charge in [-0.15, -0.1) is 0 Å². The molecule has 5 heteroatoms. The molecule has 22 heavy (non-hydrogen) atoms. The molecule has 2 aliphatic rings. The number of rotatable bonds is 3. The average molecular weight is 300 g/mol. The van der Waals surface area contributed by atoms with Crippen molar-refractivity contribution < 1.29 is 9.72 Å². The number of nitrogens with zero attached hydrogens (tertiary/aromatic N) is 1. The summed E-state index contributed by atoms with van der Waals surface area (Å²) in [5, 5.41) is 13.8. The standard InChI is InChI=1S/C17H20N2O3/c1-11-8-9-12(19(21)22)10-15(11)18-17(20)16-13-6-4-2-3-5-7-14(13)16/h2-3,8-10,13-14,16H,4-7H2,1H3,(H,18,20)/t13-,14-/m1/s1. The summed E-state index contributed by atoms with van der Waals surface area (Å²) < 4.78 is 0. The Labute approximate surface area is 129 Å². The van der Waals surface area contributed by atoms with Crippen LogP contribution in [0.1, 0.15) is 31.2 Å². The summed E-state index contributed by atoms with van der Waals surface area (Å²) in [5.41, 5.74) is 1.40. The molecule has 116 valence electrons.